The molecular weight excluding hydrogens is 538 g/mol. The van der Waals surface area contributed by atoms with Gasteiger partial charge in [0.2, 0.25) is 5.91 Å². The lowest BCUT2D eigenvalue weighted by Gasteiger charge is -2.41. The van der Waals surface area contributed by atoms with Crippen molar-refractivity contribution in [2.75, 3.05) is 44.2 Å². The van der Waals surface area contributed by atoms with E-state index in [0.29, 0.717) is 43.8 Å². The van der Waals surface area contributed by atoms with Crippen LogP contribution in [-0.2, 0) is 11.2 Å². The molecule has 0 spiro atoms. The van der Waals surface area contributed by atoms with Gasteiger partial charge in [-0.15, -0.1) is 0 Å². The predicted octanol–water partition coefficient (Wildman–Crippen LogP) is 4.48. The summed E-state index contributed by atoms with van der Waals surface area (Å²) in [7, 11) is 0. The first-order chi connectivity index (χ1) is 21.1. The fourth-order valence-electron chi connectivity index (χ4n) is 8.39. The molecule has 1 amide bonds. The topological polar surface area (TPSA) is 98.5 Å². The van der Waals surface area contributed by atoms with Crippen molar-refractivity contribution in [2.45, 2.75) is 62.4 Å². The number of ether oxygens (including phenoxy) is 1. The largest absolute Gasteiger partial charge is 0.461 e. The van der Waals surface area contributed by atoms with Crippen LogP contribution in [0, 0.1) is 17.2 Å². The Bertz CT molecular complexity index is 1650. The third-order valence-electron chi connectivity index (χ3n) is 10.6. The summed E-state index contributed by atoms with van der Waals surface area (Å²) in [6.07, 6.45) is 8.73. The minimum atomic E-state index is -0.256. The van der Waals surface area contributed by atoms with Crippen molar-refractivity contribution in [2.24, 2.45) is 5.92 Å². The van der Waals surface area contributed by atoms with Crippen molar-refractivity contribution in [3.05, 3.63) is 54.1 Å². The Hall–Kier alpha value is -4.03. The van der Waals surface area contributed by atoms with Crippen LogP contribution in [0.1, 0.15) is 55.6 Å². The molecule has 3 saturated heterocycles. The van der Waals surface area contributed by atoms with Crippen LogP contribution in [0.3, 0.4) is 0 Å². The van der Waals surface area contributed by atoms with E-state index in [9.17, 15) is 10.1 Å². The molecule has 0 N–H and O–H groups in total. The number of aromatic nitrogens is 3. The third kappa shape index (κ3) is 4.46. The number of rotatable bonds is 7. The molecule has 0 radical (unpaired) electrons. The zero-order chi connectivity index (χ0) is 29.1. The average molecular weight is 576 g/mol. The second-order valence-electron chi connectivity index (χ2n) is 13.0. The van der Waals surface area contributed by atoms with Crippen molar-refractivity contribution in [3.63, 3.8) is 0 Å². The Kier molecular flexibility index (Phi) is 6.37. The number of nitriles is 1. The first kappa shape index (κ1) is 26.6. The molecule has 3 aromatic rings. The highest BCUT2D eigenvalue weighted by atomic mass is 16.5. The molecule has 2 unspecified atom stereocenters. The maximum absolute atomic E-state index is 12.6. The minimum absolute atomic E-state index is 0.0771. The molecule has 1 saturated carbocycles. The fraction of sp³-hybridized carbons (Fsp3) is 0.500. The van der Waals surface area contributed by atoms with Crippen LogP contribution in [0.5, 0.6) is 6.01 Å². The monoisotopic (exact) mass is 575 g/mol. The molecule has 9 nitrogen and oxygen atoms in total. The highest BCUT2D eigenvalue weighted by Crippen LogP contribution is 2.58. The van der Waals surface area contributed by atoms with Gasteiger partial charge in [0.25, 0.3) is 0 Å². The molecular formula is C34H37N7O2. The van der Waals surface area contributed by atoms with Crippen LogP contribution < -0.4 is 9.64 Å². The molecule has 0 bridgehead atoms. The molecule has 5 heterocycles. The van der Waals surface area contributed by atoms with Gasteiger partial charge in [0.15, 0.2) is 5.65 Å². The zero-order valence-electron chi connectivity index (χ0n) is 24.5. The smallest absolute Gasteiger partial charge is 0.320 e. The van der Waals surface area contributed by atoms with Gasteiger partial charge in [0.1, 0.15) is 12.4 Å². The molecule has 3 aliphatic heterocycles. The lowest BCUT2D eigenvalue weighted by molar-refractivity contribution is -0.128. The van der Waals surface area contributed by atoms with E-state index in [1.54, 1.807) is 4.90 Å². The molecule has 9 heteroatoms. The number of hydrogen-bond acceptors (Lipinski definition) is 8. The van der Waals surface area contributed by atoms with Gasteiger partial charge in [-0.25, -0.2) is 4.98 Å². The second kappa shape index (κ2) is 10.3. The first-order valence-electron chi connectivity index (χ1n) is 15.8. The Morgan fingerprint density at radius 1 is 1.12 bits per heavy atom. The summed E-state index contributed by atoms with van der Waals surface area (Å²) >= 11 is 0. The summed E-state index contributed by atoms with van der Waals surface area (Å²) in [6.45, 7) is 8.07. The number of piperazine rings is 1. The van der Waals surface area contributed by atoms with Crippen LogP contribution in [0.4, 0.5) is 5.82 Å². The SMILES string of the molecule is C=CC(=O)N1CCN(c2nc(OCC34CCCN3CCC4)nc3nc(-c4cccc5c4C4CC4C5)ccc23)C[C@@H]1CC#N. The van der Waals surface area contributed by atoms with Gasteiger partial charge in [-0.1, -0.05) is 24.8 Å². The molecule has 4 fully saturated rings. The van der Waals surface area contributed by atoms with Gasteiger partial charge in [0, 0.05) is 25.2 Å². The van der Waals surface area contributed by atoms with E-state index in [1.165, 1.54) is 48.4 Å². The maximum atomic E-state index is 12.6. The lowest BCUT2D eigenvalue weighted by atomic mass is 9.95. The maximum Gasteiger partial charge on any atom is 0.320 e. The van der Waals surface area contributed by atoms with Crippen LogP contribution in [0.15, 0.2) is 43.0 Å². The number of carbonyl (C=O) groups is 1. The Morgan fingerprint density at radius 3 is 2.79 bits per heavy atom. The van der Waals surface area contributed by atoms with Crippen molar-refractivity contribution in [1.82, 2.24) is 24.8 Å². The summed E-state index contributed by atoms with van der Waals surface area (Å²) in [6, 6.07) is 13.2. The number of nitrogens with zero attached hydrogens (tertiary/aromatic N) is 7. The van der Waals surface area contributed by atoms with Gasteiger partial charge in [0.05, 0.1) is 35.2 Å². The van der Waals surface area contributed by atoms with Gasteiger partial charge < -0.3 is 14.5 Å². The number of amides is 1. The van der Waals surface area contributed by atoms with Crippen molar-refractivity contribution in [3.8, 4) is 23.3 Å². The number of carbonyl (C=O) groups excluding carboxylic acids is 1. The normalized spacial score (nSPS) is 25.2. The highest BCUT2D eigenvalue weighted by Gasteiger charge is 2.47. The van der Waals surface area contributed by atoms with E-state index in [4.69, 9.17) is 19.7 Å². The summed E-state index contributed by atoms with van der Waals surface area (Å²) in [5, 5.41) is 10.4. The molecule has 8 rings (SSSR count). The standard InChI is InChI=1S/C34H37N7O2/c1-2-29(42)41-17-16-39(20-24(41)10-13-35)32-26-8-9-28(25-7-3-6-22-18-23-19-27(23)30(22)25)36-31(26)37-33(38-32)43-21-34-11-4-14-40(34)15-5-12-34/h2-3,6-9,23-24,27H,1,4-5,10-12,14-21H2/t23?,24-,27?/m0/s1. The van der Waals surface area contributed by atoms with Gasteiger partial charge in [-0.3, -0.25) is 9.69 Å². The molecule has 1 aromatic carbocycles. The zero-order valence-corrected chi connectivity index (χ0v) is 24.5. The van der Waals surface area contributed by atoms with Crippen LogP contribution in [-0.4, -0.2) is 81.6 Å². The molecule has 5 aliphatic rings. The number of fused-ring (bicyclic) bond motifs is 5. The number of hydrogen-bond donors (Lipinski definition) is 0. The summed E-state index contributed by atoms with van der Waals surface area (Å²) < 4.78 is 6.47. The number of benzene rings is 1. The van der Waals surface area contributed by atoms with E-state index in [2.05, 4.69) is 52.8 Å². The second-order valence-corrected chi connectivity index (χ2v) is 13.0. The highest BCUT2D eigenvalue weighted by molar-refractivity contribution is 5.90. The van der Waals surface area contributed by atoms with Gasteiger partial charge in [-0.2, -0.15) is 15.2 Å². The van der Waals surface area contributed by atoms with E-state index in [0.717, 1.165) is 48.7 Å². The minimum Gasteiger partial charge on any atom is -0.461 e. The van der Waals surface area contributed by atoms with E-state index in [1.807, 2.05) is 0 Å². The molecule has 3 atom stereocenters. The van der Waals surface area contributed by atoms with E-state index < -0.39 is 0 Å². The molecule has 2 aromatic heterocycles. The van der Waals surface area contributed by atoms with Gasteiger partial charge in [-0.05, 0) is 92.8 Å². The first-order valence-corrected chi connectivity index (χ1v) is 15.8. The Morgan fingerprint density at radius 2 is 1.98 bits per heavy atom. The third-order valence-corrected chi connectivity index (χ3v) is 10.6. The Balaban J connectivity index is 1.18. The Labute approximate surface area is 252 Å². The van der Waals surface area contributed by atoms with E-state index in [-0.39, 0.29) is 23.9 Å². The van der Waals surface area contributed by atoms with Crippen LogP contribution in [0.2, 0.25) is 0 Å². The van der Waals surface area contributed by atoms with Crippen molar-refractivity contribution >= 4 is 22.8 Å². The fourth-order valence-corrected chi connectivity index (χ4v) is 8.39. The van der Waals surface area contributed by atoms with Crippen molar-refractivity contribution < 1.29 is 9.53 Å². The van der Waals surface area contributed by atoms with E-state index >= 15 is 0 Å². The predicted molar refractivity (Wildman–Crippen MR) is 164 cm³/mol. The van der Waals surface area contributed by atoms with Crippen LogP contribution in [0.25, 0.3) is 22.3 Å². The number of anilines is 1. The van der Waals surface area contributed by atoms with Crippen LogP contribution >= 0.6 is 0 Å². The summed E-state index contributed by atoms with van der Waals surface area (Å²) in [5.74, 6) is 2.06. The average Bonchev–Trinajstić information content (AvgIpc) is 3.32. The molecule has 220 valence electrons. The molecule has 2 aliphatic carbocycles. The van der Waals surface area contributed by atoms with Gasteiger partial charge >= 0.3 is 6.01 Å². The summed E-state index contributed by atoms with van der Waals surface area (Å²) in [5.41, 5.74) is 5.77. The number of pyridine rings is 1. The lowest BCUT2D eigenvalue weighted by Crippen LogP contribution is -2.55. The molecule has 43 heavy (non-hydrogen) atoms. The quantitative estimate of drug-likeness (QED) is 0.381. The summed E-state index contributed by atoms with van der Waals surface area (Å²) in [4.78, 5) is 34.1. The van der Waals surface area contributed by atoms with Crippen molar-refractivity contribution in [1.29, 1.82) is 5.26 Å².